The normalized spacial score (nSPS) is 11.3. The molecule has 0 radical (unpaired) electrons. The Hall–Kier alpha value is -3.86. The van der Waals surface area contributed by atoms with Crippen molar-refractivity contribution in [3.63, 3.8) is 0 Å². The molecule has 0 saturated carbocycles. The van der Waals surface area contributed by atoms with Gasteiger partial charge >= 0.3 is 0 Å². The summed E-state index contributed by atoms with van der Waals surface area (Å²) < 4.78 is 13.3. The van der Waals surface area contributed by atoms with Gasteiger partial charge in [0.25, 0.3) is 0 Å². The van der Waals surface area contributed by atoms with Crippen LogP contribution in [-0.4, -0.2) is 15.7 Å². The first-order valence-corrected chi connectivity index (χ1v) is 9.25. The number of hydrogen-bond donors (Lipinski definition) is 1. The molecule has 142 valence electrons. The first-order valence-electron chi connectivity index (χ1n) is 9.25. The molecule has 0 aliphatic heterocycles. The highest BCUT2D eigenvalue weighted by Gasteiger charge is 2.09. The Morgan fingerprint density at radius 3 is 1.93 bits per heavy atom. The van der Waals surface area contributed by atoms with Crippen molar-refractivity contribution >= 4 is 11.7 Å². The average Bonchev–Trinajstić information content (AvgIpc) is 2.79. The lowest BCUT2D eigenvalue weighted by molar-refractivity contribution is 0.628. The van der Waals surface area contributed by atoms with E-state index >= 15 is 0 Å². The van der Waals surface area contributed by atoms with Crippen molar-refractivity contribution in [2.45, 2.75) is 6.92 Å². The van der Waals surface area contributed by atoms with Gasteiger partial charge in [0.2, 0.25) is 5.95 Å². The zero-order valence-corrected chi connectivity index (χ0v) is 15.9. The second-order valence-corrected chi connectivity index (χ2v) is 6.51. The van der Waals surface area contributed by atoms with Gasteiger partial charge in [-0.2, -0.15) is 5.10 Å². The molecule has 29 heavy (non-hydrogen) atoms. The van der Waals surface area contributed by atoms with Gasteiger partial charge in [0.05, 0.1) is 17.1 Å². The highest BCUT2D eigenvalue weighted by molar-refractivity contribution is 5.98. The lowest BCUT2D eigenvalue weighted by atomic mass is 10.1. The minimum absolute atomic E-state index is 0.285. The second-order valence-electron chi connectivity index (χ2n) is 6.51. The summed E-state index contributed by atoms with van der Waals surface area (Å²) in [7, 11) is 0. The molecule has 0 fully saturated rings. The Kier molecular flexibility index (Phi) is 5.38. The molecule has 4 aromatic rings. The molecule has 4 rings (SSSR count). The molecule has 0 bridgehead atoms. The molecule has 0 unspecified atom stereocenters. The van der Waals surface area contributed by atoms with Crippen molar-refractivity contribution in [1.29, 1.82) is 0 Å². The van der Waals surface area contributed by atoms with Crippen LogP contribution in [0, 0.1) is 5.82 Å². The van der Waals surface area contributed by atoms with E-state index in [1.54, 1.807) is 12.1 Å². The molecular formula is C24H19FN4. The lowest BCUT2D eigenvalue weighted by Gasteiger charge is -2.09. The number of hydrazone groups is 1. The minimum atomic E-state index is -0.285. The zero-order chi connectivity index (χ0) is 20.1. The maximum Gasteiger partial charge on any atom is 0.244 e. The molecule has 1 N–H and O–H groups in total. The summed E-state index contributed by atoms with van der Waals surface area (Å²) in [6.45, 7) is 1.92. The van der Waals surface area contributed by atoms with Gasteiger partial charge in [-0.3, -0.25) is 0 Å². The van der Waals surface area contributed by atoms with E-state index < -0.39 is 0 Å². The van der Waals surface area contributed by atoms with E-state index in [0.717, 1.165) is 28.1 Å². The van der Waals surface area contributed by atoms with Crippen molar-refractivity contribution < 1.29 is 4.39 Å². The van der Waals surface area contributed by atoms with Gasteiger partial charge in [-0.05, 0) is 42.8 Å². The maximum absolute atomic E-state index is 13.3. The number of anilines is 1. The van der Waals surface area contributed by atoms with Crippen molar-refractivity contribution in [1.82, 2.24) is 9.97 Å². The summed E-state index contributed by atoms with van der Waals surface area (Å²) >= 11 is 0. The van der Waals surface area contributed by atoms with Gasteiger partial charge in [0, 0.05) is 11.1 Å². The average molecular weight is 382 g/mol. The van der Waals surface area contributed by atoms with Crippen LogP contribution in [0.5, 0.6) is 0 Å². The number of hydrogen-bond acceptors (Lipinski definition) is 4. The third-order valence-corrected chi connectivity index (χ3v) is 4.45. The first-order chi connectivity index (χ1) is 14.2. The fraction of sp³-hybridized carbons (Fsp3) is 0.0417. The van der Waals surface area contributed by atoms with Crippen LogP contribution in [-0.2, 0) is 0 Å². The van der Waals surface area contributed by atoms with Crippen LogP contribution < -0.4 is 5.43 Å². The van der Waals surface area contributed by atoms with E-state index in [0.29, 0.717) is 11.6 Å². The predicted octanol–water partition coefficient (Wildman–Crippen LogP) is 5.79. The zero-order valence-electron chi connectivity index (χ0n) is 15.9. The molecule has 0 aliphatic rings. The van der Waals surface area contributed by atoms with Crippen LogP contribution >= 0.6 is 0 Å². The first kappa shape index (κ1) is 18.5. The lowest BCUT2D eigenvalue weighted by Crippen LogP contribution is -2.03. The summed E-state index contributed by atoms with van der Waals surface area (Å²) in [5.74, 6) is 0.0912. The molecule has 0 amide bonds. The number of rotatable bonds is 5. The minimum Gasteiger partial charge on any atom is -0.245 e. The molecular weight excluding hydrogens is 363 g/mol. The molecule has 4 nitrogen and oxygen atoms in total. The quantitative estimate of drug-likeness (QED) is 0.351. The molecule has 0 spiro atoms. The molecule has 0 atom stereocenters. The van der Waals surface area contributed by atoms with Gasteiger partial charge in [0.1, 0.15) is 5.82 Å². The van der Waals surface area contributed by atoms with Gasteiger partial charge in [-0.25, -0.2) is 19.8 Å². The van der Waals surface area contributed by atoms with Gasteiger partial charge in [-0.15, -0.1) is 0 Å². The Balaban J connectivity index is 1.72. The van der Waals surface area contributed by atoms with Gasteiger partial charge in [0.15, 0.2) is 0 Å². The fourth-order valence-electron chi connectivity index (χ4n) is 2.90. The van der Waals surface area contributed by atoms with E-state index in [2.05, 4.69) is 20.5 Å². The third kappa shape index (κ3) is 4.52. The molecule has 5 heteroatoms. The van der Waals surface area contributed by atoms with Gasteiger partial charge < -0.3 is 0 Å². The van der Waals surface area contributed by atoms with Crippen LogP contribution in [0.15, 0.2) is 96.1 Å². The molecule has 1 aromatic heterocycles. The van der Waals surface area contributed by atoms with Crippen LogP contribution in [0.2, 0.25) is 0 Å². The van der Waals surface area contributed by atoms with Crippen molar-refractivity contribution in [2.75, 3.05) is 5.43 Å². The molecule has 0 saturated heterocycles. The number of aromatic nitrogens is 2. The summed E-state index contributed by atoms with van der Waals surface area (Å²) in [4.78, 5) is 9.18. The Bertz CT molecular complexity index is 1120. The Labute approximate surface area is 168 Å². The standard InChI is InChI=1S/C24H19FN4/c1-17(18-8-4-2-5-9-18)28-29-24-26-22(19-10-6-3-7-11-19)16-23(27-24)20-12-14-21(25)15-13-20/h2-16H,1H3,(H,26,27,29)/b28-17+. The highest BCUT2D eigenvalue weighted by Crippen LogP contribution is 2.25. The number of nitrogens with one attached hydrogen (secondary N) is 1. The van der Waals surface area contributed by atoms with E-state index in [9.17, 15) is 4.39 Å². The Morgan fingerprint density at radius 2 is 1.31 bits per heavy atom. The van der Waals surface area contributed by atoms with E-state index in [-0.39, 0.29) is 5.82 Å². The summed E-state index contributed by atoms with van der Waals surface area (Å²) in [6, 6.07) is 27.9. The summed E-state index contributed by atoms with van der Waals surface area (Å²) in [6.07, 6.45) is 0. The number of halogens is 1. The molecule has 3 aromatic carbocycles. The van der Waals surface area contributed by atoms with E-state index in [1.165, 1.54) is 12.1 Å². The SMILES string of the molecule is C/C(=N\Nc1nc(-c2ccccc2)cc(-c2ccc(F)cc2)n1)c1ccccc1. The van der Waals surface area contributed by atoms with Crippen LogP contribution in [0.3, 0.4) is 0 Å². The largest absolute Gasteiger partial charge is 0.245 e. The highest BCUT2D eigenvalue weighted by atomic mass is 19.1. The van der Waals surface area contributed by atoms with E-state index in [4.69, 9.17) is 0 Å². The predicted molar refractivity (Wildman–Crippen MR) is 115 cm³/mol. The van der Waals surface area contributed by atoms with E-state index in [1.807, 2.05) is 73.7 Å². The molecule has 1 heterocycles. The second kappa shape index (κ2) is 8.44. The number of nitrogens with zero attached hydrogens (tertiary/aromatic N) is 3. The topological polar surface area (TPSA) is 50.2 Å². The van der Waals surface area contributed by atoms with Crippen LogP contribution in [0.25, 0.3) is 22.5 Å². The van der Waals surface area contributed by atoms with Crippen LogP contribution in [0.1, 0.15) is 12.5 Å². The summed E-state index contributed by atoms with van der Waals surface area (Å²) in [5, 5.41) is 4.43. The Morgan fingerprint density at radius 1 is 0.759 bits per heavy atom. The monoisotopic (exact) mass is 382 g/mol. The van der Waals surface area contributed by atoms with Gasteiger partial charge in [-0.1, -0.05) is 60.7 Å². The summed E-state index contributed by atoms with van der Waals surface area (Å²) in [5.41, 5.74) is 8.01. The number of benzene rings is 3. The van der Waals surface area contributed by atoms with Crippen molar-refractivity contribution in [3.8, 4) is 22.5 Å². The van der Waals surface area contributed by atoms with Crippen molar-refractivity contribution in [3.05, 3.63) is 102 Å². The maximum atomic E-state index is 13.3. The fourth-order valence-corrected chi connectivity index (χ4v) is 2.90. The van der Waals surface area contributed by atoms with Crippen LogP contribution in [0.4, 0.5) is 10.3 Å². The third-order valence-electron chi connectivity index (χ3n) is 4.45. The smallest absolute Gasteiger partial charge is 0.244 e. The van der Waals surface area contributed by atoms with Crippen molar-refractivity contribution in [2.24, 2.45) is 5.10 Å². The molecule has 0 aliphatic carbocycles.